The molecule has 0 bridgehead atoms. The van der Waals surface area contributed by atoms with Gasteiger partial charge in [0.2, 0.25) is 0 Å². The molecular formula is C29H32N2O4S. The summed E-state index contributed by atoms with van der Waals surface area (Å²) in [6.45, 7) is 8.62. The van der Waals surface area contributed by atoms with Gasteiger partial charge in [-0.25, -0.2) is 8.42 Å². The fraction of sp³-hybridized carbons (Fsp3) is 0.310. The van der Waals surface area contributed by atoms with E-state index < -0.39 is 9.84 Å². The second kappa shape index (κ2) is 10.3. The van der Waals surface area contributed by atoms with Gasteiger partial charge in [0.05, 0.1) is 16.7 Å². The van der Waals surface area contributed by atoms with Crippen molar-refractivity contribution in [1.82, 2.24) is 10.2 Å². The first-order valence-electron chi connectivity index (χ1n) is 12.2. The Morgan fingerprint density at radius 3 is 2.22 bits per heavy atom. The molecule has 0 fully saturated rings. The summed E-state index contributed by atoms with van der Waals surface area (Å²) in [7, 11) is -3.26. The fourth-order valence-electron chi connectivity index (χ4n) is 4.63. The predicted molar refractivity (Wildman–Crippen MR) is 140 cm³/mol. The molecule has 36 heavy (non-hydrogen) atoms. The zero-order valence-electron chi connectivity index (χ0n) is 21.1. The van der Waals surface area contributed by atoms with Crippen LogP contribution in [0.4, 0.5) is 0 Å². The molecule has 1 aliphatic heterocycles. The average molecular weight is 505 g/mol. The molecule has 0 spiro atoms. The normalized spacial score (nSPS) is 15.3. The molecule has 0 saturated heterocycles. The highest BCUT2D eigenvalue weighted by Crippen LogP contribution is 2.40. The third-order valence-corrected chi connectivity index (χ3v) is 8.43. The second-order valence-electron chi connectivity index (χ2n) is 9.64. The van der Waals surface area contributed by atoms with E-state index in [1.54, 1.807) is 43.3 Å². The quantitative estimate of drug-likeness (QED) is 0.464. The summed E-state index contributed by atoms with van der Waals surface area (Å²) in [5.74, 6) is -0.0827. The van der Waals surface area contributed by atoms with Gasteiger partial charge in [-0.15, -0.1) is 0 Å². The lowest BCUT2D eigenvalue weighted by molar-refractivity contribution is 0.0665. The molecule has 2 amide bonds. The van der Waals surface area contributed by atoms with Crippen molar-refractivity contribution in [3.05, 3.63) is 100 Å². The van der Waals surface area contributed by atoms with E-state index in [1.807, 2.05) is 42.2 Å². The van der Waals surface area contributed by atoms with Crippen molar-refractivity contribution in [2.75, 3.05) is 5.75 Å². The van der Waals surface area contributed by atoms with Crippen LogP contribution in [0.1, 0.15) is 69.8 Å². The minimum absolute atomic E-state index is 0.0419. The number of aryl methyl sites for hydroxylation is 1. The standard InChI is InChI=1S/C29H32N2O4S/c1-5-36(34,35)24-13-10-21(11-14-24)17-30-28(32)23-12-15-25-26(16-23)29(33)31(27(25)19(2)3)18-22-8-6-20(4)7-9-22/h6-16,19,27H,5,17-18H2,1-4H3,(H,30,32). The van der Waals surface area contributed by atoms with Crippen LogP contribution in [-0.4, -0.2) is 30.9 Å². The predicted octanol–water partition coefficient (Wildman–Crippen LogP) is 5.07. The van der Waals surface area contributed by atoms with Gasteiger partial charge in [-0.1, -0.05) is 68.8 Å². The Hall–Kier alpha value is -3.45. The molecule has 0 radical (unpaired) electrons. The molecule has 1 heterocycles. The van der Waals surface area contributed by atoms with Crippen molar-refractivity contribution >= 4 is 21.7 Å². The number of hydrogen-bond acceptors (Lipinski definition) is 4. The van der Waals surface area contributed by atoms with Crippen molar-refractivity contribution in [2.45, 2.75) is 51.7 Å². The fourth-order valence-corrected chi connectivity index (χ4v) is 5.52. The van der Waals surface area contributed by atoms with E-state index in [0.29, 0.717) is 17.7 Å². The van der Waals surface area contributed by atoms with Crippen LogP contribution in [0.2, 0.25) is 0 Å². The van der Waals surface area contributed by atoms with E-state index >= 15 is 0 Å². The Morgan fingerprint density at radius 1 is 0.972 bits per heavy atom. The first kappa shape index (κ1) is 25.6. The van der Waals surface area contributed by atoms with Gasteiger partial charge in [0, 0.05) is 24.2 Å². The molecule has 1 atom stereocenters. The molecular weight excluding hydrogens is 472 g/mol. The number of benzene rings is 3. The van der Waals surface area contributed by atoms with E-state index in [9.17, 15) is 18.0 Å². The van der Waals surface area contributed by atoms with Gasteiger partial charge in [-0.3, -0.25) is 9.59 Å². The largest absolute Gasteiger partial charge is 0.348 e. The Morgan fingerprint density at radius 2 is 1.61 bits per heavy atom. The van der Waals surface area contributed by atoms with Crippen molar-refractivity contribution < 1.29 is 18.0 Å². The number of hydrogen-bond donors (Lipinski definition) is 1. The van der Waals surface area contributed by atoms with E-state index in [2.05, 4.69) is 19.2 Å². The molecule has 1 unspecified atom stereocenters. The van der Waals surface area contributed by atoms with E-state index in [1.165, 1.54) is 5.56 Å². The Labute approximate surface area is 213 Å². The Bertz CT molecular complexity index is 1380. The van der Waals surface area contributed by atoms with Crippen LogP contribution in [0.3, 0.4) is 0 Å². The highest BCUT2D eigenvalue weighted by Gasteiger charge is 2.38. The van der Waals surface area contributed by atoms with Crippen molar-refractivity contribution in [3.63, 3.8) is 0 Å². The van der Waals surface area contributed by atoms with Gasteiger partial charge in [-0.2, -0.15) is 0 Å². The lowest BCUT2D eigenvalue weighted by atomic mass is 9.94. The molecule has 3 aromatic carbocycles. The van der Waals surface area contributed by atoms with Crippen LogP contribution in [0.5, 0.6) is 0 Å². The minimum Gasteiger partial charge on any atom is -0.348 e. The van der Waals surface area contributed by atoms with Gasteiger partial charge < -0.3 is 10.2 Å². The SMILES string of the molecule is CCS(=O)(=O)c1ccc(CNC(=O)c2ccc3c(c2)C(=O)N(Cc2ccc(C)cc2)C3C(C)C)cc1. The van der Waals surface area contributed by atoms with Crippen LogP contribution < -0.4 is 5.32 Å². The zero-order valence-corrected chi connectivity index (χ0v) is 21.9. The third-order valence-electron chi connectivity index (χ3n) is 6.68. The van der Waals surface area contributed by atoms with Gasteiger partial charge in [0.15, 0.2) is 9.84 Å². The maximum atomic E-state index is 13.4. The third kappa shape index (κ3) is 5.21. The van der Waals surface area contributed by atoms with Gasteiger partial charge >= 0.3 is 0 Å². The molecule has 0 aliphatic carbocycles. The lowest BCUT2D eigenvalue weighted by Crippen LogP contribution is -2.30. The highest BCUT2D eigenvalue weighted by atomic mass is 32.2. The highest BCUT2D eigenvalue weighted by molar-refractivity contribution is 7.91. The number of carbonyl (C=O) groups excluding carboxylic acids is 2. The molecule has 3 aromatic rings. The number of carbonyl (C=O) groups is 2. The number of sulfone groups is 1. The molecule has 188 valence electrons. The monoisotopic (exact) mass is 504 g/mol. The summed E-state index contributed by atoms with van der Waals surface area (Å²) in [4.78, 5) is 28.5. The maximum absolute atomic E-state index is 13.4. The number of nitrogens with zero attached hydrogens (tertiary/aromatic N) is 1. The summed E-state index contributed by atoms with van der Waals surface area (Å²) in [5.41, 5.74) is 4.98. The van der Waals surface area contributed by atoms with Crippen molar-refractivity contribution in [2.24, 2.45) is 5.92 Å². The molecule has 6 nitrogen and oxygen atoms in total. The summed E-state index contributed by atoms with van der Waals surface area (Å²) < 4.78 is 24.0. The summed E-state index contributed by atoms with van der Waals surface area (Å²) in [5, 5.41) is 2.87. The van der Waals surface area contributed by atoms with E-state index in [4.69, 9.17) is 0 Å². The number of rotatable bonds is 8. The molecule has 7 heteroatoms. The van der Waals surface area contributed by atoms with Crippen molar-refractivity contribution in [3.8, 4) is 0 Å². The summed E-state index contributed by atoms with van der Waals surface area (Å²) >= 11 is 0. The van der Waals surface area contributed by atoms with Gasteiger partial charge in [0.25, 0.3) is 11.8 Å². The van der Waals surface area contributed by atoms with Crippen molar-refractivity contribution in [1.29, 1.82) is 0 Å². The van der Waals surface area contributed by atoms with Crippen LogP contribution in [0, 0.1) is 12.8 Å². The molecule has 0 aromatic heterocycles. The summed E-state index contributed by atoms with van der Waals surface area (Å²) in [6.07, 6.45) is 0. The molecule has 0 saturated carbocycles. The number of amides is 2. The summed E-state index contributed by atoms with van der Waals surface area (Å²) in [6, 6.07) is 20.0. The molecule has 4 rings (SSSR count). The van der Waals surface area contributed by atoms with E-state index in [0.717, 1.165) is 16.7 Å². The zero-order chi connectivity index (χ0) is 26.0. The second-order valence-corrected chi connectivity index (χ2v) is 11.9. The van der Waals surface area contributed by atoms with Crippen LogP contribution in [0.15, 0.2) is 71.6 Å². The minimum atomic E-state index is -3.26. The first-order chi connectivity index (χ1) is 17.1. The van der Waals surface area contributed by atoms with E-state index in [-0.39, 0.29) is 41.0 Å². The number of fused-ring (bicyclic) bond motifs is 1. The Kier molecular flexibility index (Phi) is 7.31. The molecule has 1 N–H and O–H groups in total. The average Bonchev–Trinajstić information content (AvgIpc) is 3.15. The topological polar surface area (TPSA) is 83.5 Å². The van der Waals surface area contributed by atoms with Crippen LogP contribution in [-0.2, 0) is 22.9 Å². The Balaban J connectivity index is 1.49. The maximum Gasteiger partial charge on any atom is 0.255 e. The van der Waals surface area contributed by atoms with Crippen LogP contribution in [0.25, 0.3) is 0 Å². The van der Waals surface area contributed by atoms with Crippen LogP contribution >= 0.6 is 0 Å². The smallest absolute Gasteiger partial charge is 0.255 e. The van der Waals surface area contributed by atoms with Gasteiger partial charge in [0.1, 0.15) is 0 Å². The number of nitrogens with one attached hydrogen (secondary N) is 1. The first-order valence-corrected chi connectivity index (χ1v) is 13.9. The lowest BCUT2D eigenvalue weighted by Gasteiger charge is -2.28. The molecule has 1 aliphatic rings. The van der Waals surface area contributed by atoms with Gasteiger partial charge in [-0.05, 0) is 53.8 Å².